The maximum atomic E-state index is 10.8. The van der Waals surface area contributed by atoms with Crippen LogP contribution >= 0.6 is 0 Å². The zero-order valence-electron chi connectivity index (χ0n) is 10.9. The van der Waals surface area contributed by atoms with Gasteiger partial charge in [-0.2, -0.15) is 0 Å². The summed E-state index contributed by atoms with van der Waals surface area (Å²) < 4.78 is 7.03. The topological polar surface area (TPSA) is 82.2 Å². The van der Waals surface area contributed by atoms with Crippen LogP contribution in [0, 0.1) is 10.1 Å². The molecule has 1 N–H and O–H groups in total. The highest BCUT2D eigenvalue weighted by Gasteiger charge is 2.13. The summed E-state index contributed by atoms with van der Waals surface area (Å²) in [4.78, 5) is 14.7. The number of methoxy groups -OCH3 is 1. The number of benzene rings is 1. The van der Waals surface area contributed by atoms with Gasteiger partial charge in [0, 0.05) is 39.4 Å². The number of nitro groups is 1. The summed E-state index contributed by atoms with van der Waals surface area (Å²) >= 11 is 0. The summed E-state index contributed by atoms with van der Waals surface area (Å²) in [6, 6.07) is 4.72. The molecule has 0 amide bonds. The van der Waals surface area contributed by atoms with Crippen molar-refractivity contribution in [1.82, 2.24) is 9.55 Å². The number of non-ortho nitro benzene ring substituents is 1. The molecule has 2 aromatic rings. The number of anilines is 1. The summed E-state index contributed by atoms with van der Waals surface area (Å²) in [5, 5.41) is 13.8. The first-order valence-corrected chi connectivity index (χ1v) is 5.98. The van der Waals surface area contributed by atoms with Gasteiger partial charge in [0.1, 0.15) is 0 Å². The summed E-state index contributed by atoms with van der Waals surface area (Å²) in [5.74, 6) is 0.701. The van der Waals surface area contributed by atoms with Crippen LogP contribution in [0.1, 0.15) is 6.42 Å². The van der Waals surface area contributed by atoms with Crippen molar-refractivity contribution in [1.29, 1.82) is 0 Å². The van der Waals surface area contributed by atoms with E-state index in [1.807, 2.05) is 4.57 Å². The van der Waals surface area contributed by atoms with E-state index >= 15 is 0 Å². The van der Waals surface area contributed by atoms with E-state index in [-0.39, 0.29) is 5.69 Å². The van der Waals surface area contributed by atoms with Crippen LogP contribution in [0.2, 0.25) is 0 Å². The molecule has 0 aliphatic carbocycles. The van der Waals surface area contributed by atoms with Crippen LogP contribution in [0.4, 0.5) is 11.6 Å². The minimum Gasteiger partial charge on any atom is -0.385 e. The third-order valence-electron chi connectivity index (χ3n) is 2.90. The molecule has 7 heteroatoms. The highest BCUT2D eigenvalue weighted by atomic mass is 16.6. The van der Waals surface area contributed by atoms with E-state index in [2.05, 4.69) is 10.3 Å². The molecule has 0 bridgehead atoms. The molecule has 0 saturated carbocycles. The average Bonchev–Trinajstić information content (AvgIpc) is 2.76. The van der Waals surface area contributed by atoms with Gasteiger partial charge >= 0.3 is 0 Å². The van der Waals surface area contributed by atoms with Crippen LogP contribution in [0.5, 0.6) is 0 Å². The summed E-state index contributed by atoms with van der Waals surface area (Å²) in [5.41, 5.74) is 1.55. The van der Waals surface area contributed by atoms with E-state index in [0.717, 1.165) is 18.5 Å². The zero-order valence-corrected chi connectivity index (χ0v) is 10.9. The van der Waals surface area contributed by atoms with Gasteiger partial charge in [-0.3, -0.25) is 10.1 Å². The highest BCUT2D eigenvalue weighted by Crippen LogP contribution is 2.24. The van der Waals surface area contributed by atoms with E-state index < -0.39 is 4.92 Å². The maximum Gasteiger partial charge on any atom is 0.271 e. The Labute approximate surface area is 110 Å². The smallest absolute Gasteiger partial charge is 0.271 e. The Hall–Kier alpha value is -2.15. The molecule has 0 aliphatic heterocycles. The number of hydrogen-bond acceptors (Lipinski definition) is 5. The van der Waals surface area contributed by atoms with E-state index in [0.29, 0.717) is 18.1 Å². The van der Waals surface area contributed by atoms with Gasteiger partial charge < -0.3 is 14.6 Å². The minimum atomic E-state index is -0.414. The Morgan fingerprint density at radius 2 is 2.32 bits per heavy atom. The molecule has 2 rings (SSSR count). The van der Waals surface area contributed by atoms with E-state index in [4.69, 9.17) is 4.74 Å². The first-order chi connectivity index (χ1) is 9.17. The molecule has 1 aromatic heterocycles. The second kappa shape index (κ2) is 5.66. The predicted molar refractivity (Wildman–Crippen MR) is 72.4 cm³/mol. The van der Waals surface area contributed by atoms with Gasteiger partial charge in [0.15, 0.2) is 0 Å². The van der Waals surface area contributed by atoms with Gasteiger partial charge in [0.25, 0.3) is 5.69 Å². The number of fused-ring (bicyclic) bond motifs is 1. The number of ether oxygens (including phenoxy) is 1. The number of aromatic nitrogens is 2. The third kappa shape index (κ3) is 2.65. The number of nitro benzene ring substituents is 1. The largest absolute Gasteiger partial charge is 0.385 e. The predicted octanol–water partition coefficient (Wildman–Crippen LogP) is 2.02. The lowest BCUT2D eigenvalue weighted by atomic mass is 10.3. The molecule has 0 unspecified atom stereocenters. The van der Waals surface area contributed by atoms with Gasteiger partial charge in [-0.25, -0.2) is 4.98 Å². The average molecular weight is 264 g/mol. The Morgan fingerprint density at radius 3 is 2.95 bits per heavy atom. The van der Waals surface area contributed by atoms with E-state index in [9.17, 15) is 10.1 Å². The summed E-state index contributed by atoms with van der Waals surface area (Å²) in [6.45, 7) is 1.41. The van der Waals surface area contributed by atoms with Gasteiger partial charge in [-0.05, 0) is 12.5 Å². The van der Waals surface area contributed by atoms with E-state index in [1.54, 1.807) is 20.2 Å². The van der Waals surface area contributed by atoms with Crippen LogP contribution < -0.4 is 5.32 Å². The van der Waals surface area contributed by atoms with Crippen molar-refractivity contribution >= 4 is 22.7 Å². The van der Waals surface area contributed by atoms with Crippen molar-refractivity contribution < 1.29 is 9.66 Å². The second-order valence-corrected chi connectivity index (χ2v) is 4.11. The lowest BCUT2D eigenvalue weighted by Gasteiger charge is -2.07. The van der Waals surface area contributed by atoms with Gasteiger partial charge in [0.2, 0.25) is 5.95 Å². The number of rotatable bonds is 6. The lowest BCUT2D eigenvalue weighted by molar-refractivity contribution is -0.384. The van der Waals surface area contributed by atoms with Gasteiger partial charge in [0.05, 0.1) is 16.0 Å². The first kappa shape index (κ1) is 13.3. The minimum absolute atomic E-state index is 0.0525. The quantitative estimate of drug-likeness (QED) is 0.490. The fourth-order valence-corrected chi connectivity index (χ4v) is 2.02. The van der Waals surface area contributed by atoms with Crippen LogP contribution in [0.3, 0.4) is 0 Å². The van der Waals surface area contributed by atoms with Crippen molar-refractivity contribution in [2.45, 2.75) is 13.0 Å². The Kier molecular flexibility index (Phi) is 3.96. The van der Waals surface area contributed by atoms with Crippen LogP contribution in [-0.4, -0.2) is 35.2 Å². The van der Waals surface area contributed by atoms with Gasteiger partial charge in [-0.1, -0.05) is 0 Å². The SMILES string of the molecule is CNc1nc2cc([N+](=O)[O-])ccc2n1CCCOC. The number of nitrogens with zero attached hydrogens (tertiary/aromatic N) is 3. The standard InChI is InChI=1S/C12H16N4O3/c1-13-12-14-10-8-9(16(17)18)4-5-11(10)15(12)6-3-7-19-2/h4-5,8H,3,6-7H2,1-2H3,(H,13,14). The molecule has 0 spiro atoms. The molecule has 0 fully saturated rings. The van der Waals surface area contributed by atoms with Crippen LogP contribution in [0.25, 0.3) is 11.0 Å². The summed E-state index contributed by atoms with van der Waals surface area (Å²) in [7, 11) is 3.44. The van der Waals surface area contributed by atoms with Crippen molar-refractivity contribution in [3.05, 3.63) is 28.3 Å². The number of imidazole rings is 1. The Morgan fingerprint density at radius 1 is 1.53 bits per heavy atom. The van der Waals surface area contributed by atoms with Crippen molar-refractivity contribution in [2.75, 3.05) is 26.1 Å². The van der Waals surface area contributed by atoms with Crippen LogP contribution in [-0.2, 0) is 11.3 Å². The Bertz CT molecular complexity index is 594. The molecule has 1 heterocycles. The normalized spacial score (nSPS) is 10.8. The fourth-order valence-electron chi connectivity index (χ4n) is 2.02. The van der Waals surface area contributed by atoms with Gasteiger partial charge in [-0.15, -0.1) is 0 Å². The molecule has 0 saturated heterocycles. The number of hydrogen-bond donors (Lipinski definition) is 1. The zero-order chi connectivity index (χ0) is 13.8. The lowest BCUT2D eigenvalue weighted by Crippen LogP contribution is -2.05. The monoisotopic (exact) mass is 264 g/mol. The highest BCUT2D eigenvalue weighted by molar-refractivity contribution is 5.81. The summed E-state index contributed by atoms with van der Waals surface area (Å²) in [6.07, 6.45) is 0.855. The van der Waals surface area contributed by atoms with E-state index in [1.165, 1.54) is 12.1 Å². The number of aryl methyl sites for hydroxylation is 1. The molecular formula is C12H16N4O3. The molecule has 0 atom stereocenters. The molecule has 7 nitrogen and oxygen atoms in total. The van der Waals surface area contributed by atoms with Crippen molar-refractivity contribution in [3.63, 3.8) is 0 Å². The maximum absolute atomic E-state index is 10.8. The Balaban J connectivity index is 2.40. The van der Waals surface area contributed by atoms with Crippen LogP contribution in [0.15, 0.2) is 18.2 Å². The molecule has 102 valence electrons. The van der Waals surface area contributed by atoms with Crippen molar-refractivity contribution in [3.8, 4) is 0 Å². The molecule has 1 aromatic carbocycles. The second-order valence-electron chi connectivity index (χ2n) is 4.11. The fraction of sp³-hybridized carbons (Fsp3) is 0.417. The first-order valence-electron chi connectivity index (χ1n) is 5.98. The molecule has 0 radical (unpaired) electrons. The molecular weight excluding hydrogens is 248 g/mol. The van der Waals surface area contributed by atoms with Crippen molar-refractivity contribution in [2.24, 2.45) is 0 Å². The number of nitrogens with one attached hydrogen (secondary N) is 1. The molecule has 19 heavy (non-hydrogen) atoms. The molecule has 0 aliphatic rings. The third-order valence-corrected chi connectivity index (χ3v) is 2.90.